The Bertz CT molecular complexity index is 496. The fourth-order valence-electron chi connectivity index (χ4n) is 1.65. The van der Waals surface area contributed by atoms with Gasteiger partial charge in [0, 0.05) is 10.2 Å². The van der Waals surface area contributed by atoms with Crippen LogP contribution in [0.3, 0.4) is 0 Å². The zero-order chi connectivity index (χ0) is 11.5. The Morgan fingerprint density at radius 2 is 1.81 bits per heavy atom. The predicted octanol–water partition coefficient (Wildman–Crippen LogP) is 4.68. The van der Waals surface area contributed by atoms with Crippen LogP contribution >= 0.6 is 31.9 Å². The van der Waals surface area contributed by atoms with E-state index >= 15 is 0 Å². The van der Waals surface area contributed by atoms with Crippen LogP contribution in [0.1, 0.15) is 10.4 Å². The highest BCUT2D eigenvalue weighted by Crippen LogP contribution is 2.29. The summed E-state index contributed by atoms with van der Waals surface area (Å²) in [6.07, 6.45) is 0. The van der Waals surface area contributed by atoms with Crippen molar-refractivity contribution in [1.82, 2.24) is 0 Å². The second kappa shape index (κ2) is 5.19. The minimum Gasteiger partial charge on any atom is -0.497 e. The van der Waals surface area contributed by atoms with E-state index in [0.29, 0.717) is 4.83 Å². The molecule has 0 spiro atoms. The van der Waals surface area contributed by atoms with Gasteiger partial charge in [-0.3, -0.25) is 0 Å². The molecule has 84 valence electrons. The van der Waals surface area contributed by atoms with Crippen molar-refractivity contribution in [1.29, 1.82) is 0 Å². The number of hydrogen-bond donors (Lipinski definition) is 0. The van der Waals surface area contributed by atoms with Crippen molar-refractivity contribution in [2.75, 3.05) is 12.4 Å². The van der Waals surface area contributed by atoms with Gasteiger partial charge in [-0.05, 0) is 34.5 Å². The van der Waals surface area contributed by atoms with E-state index in [1.165, 1.54) is 16.3 Å². The molecule has 2 aromatic carbocycles. The maximum absolute atomic E-state index is 5.20. The van der Waals surface area contributed by atoms with Gasteiger partial charge in [0.1, 0.15) is 5.75 Å². The lowest BCUT2D eigenvalue weighted by atomic mass is 10.1. The second-order valence-electron chi connectivity index (χ2n) is 3.59. The van der Waals surface area contributed by atoms with Crippen LogP contribution < -0.4 is 4.74 Å². The molecule has 0 aromatic heterocycles. The monoisotopic (exact) mass is 342 g/mol. The molecule has 2 aromatic rings. The molecule has 1 atom stereocenters. The molecule has 2 rings (SSSR count). The van der Waals surface area contributed by atoms with Crippen molar-refractivity contribution in [3.63, 3.8) is 0 Å². The van der Waals surface area contributed by atoms with E-state index in [2.05, 4.69) is 62.2 Å². The quantitative estimate of drug-likeness (QED) is 0.735. The molecule has 16 heavy (non-hydrogen) atoms. The molecule has 0 aliphatic rings. The summed E-state index contributed by atoms with van der Waals surface area (Å²) in [6, 6.07) is 12.6. The van der Waals surface area contributed by atoms with Crippen LogP contribution in [0.4, 0.5) is 0 Å². The molecule has 0 amide bonds. The summed E-state index contributed by atoms with van der Waals surface area (Å²) in [5.41, 5.74) is 1.29. The van der Waals surface area contributed by atoms with Gasteiger partial charge in [-0.1, -0.05) is 50.1 Å². The Balaban J connectivity index is 2.47. The first-order chi connectivity index (χ1) is 7.74. The van der Waals surface area contributed by atoms with E-state index in [-0.39, 0.29) is 0 Å². The summed E-state index contributed by atoms with van der Waals surface area (Å²) < 4.78 is 5.20. The molecule has 0 fully saturated rings. The third-order valence-electron chi connectivity index (χ3n) is 2.57. The first-order valence-corrected chi connectivity index (χ1v) is 7.06. The maximum atomic E-state index is 5.20. The third kappa shape index (κ3) is 2.41. The van der Waals surface area contributed by atoms with E-state index in [4.69, 9.17) is 4.74 Å². The van der Waals surface area contributed by atoms with E-state index < -0.39 is 0 Å². The molecule has 0 radical (unpaired) electrons. The van der Waals surface area contributed by atoms with Crippen molar-refractivity contribution in [2.24, 2.45) is 0 Å². The first-order valence-electron chi connectivity index (χ1n) is 5.02. The summed E-state index contributed by atoms with van der Waals surface area (Å²) >= 11 is 7.10. The average molecular weight is 344 g/mol. The van der Waals surface area contributed by atoms with Crippen LogP contribution in [0.25, 0.3) is 10.8 Å². The zero-order valence-electron chi connectivity index (χ0n) is 8.91. The van der Waals surface area contributed by atoms with Crippen molar-refractivity contribution in [3.05, 3.63) is 42.0 Å². The minimum atomic E-state index is 0.360. The normalized spacial score (nSPS) is 12.7. The summed E-state index contributed by atoms with van der Waals surface area (Å²) in [6.45, 7) is 0. The Kier molecular flexibility index (Phi) is 3.87. The van der Waals surface area contributed by atoms with E-state index in [0.717, 1.165) is 11.1 Å². The number of ether oxygens (including phenoxy) is 1. The van der Waals surface area contributed by atoms with Gasteiger partial charge in [-0.15, -0.1) is 0 Å². The largest absolute Gasteiger partial charge is 0.497 e. The van der Waals surface area contributed by atoms with Crippen LogP contribution in [0.5, 0.6) is 5.75 Å². The first kappa shape index (κ1) is 11.9. The Morgan fingerprint density at radius 3 is 2.50 bits per heavy atom. The highest BCUT2D eigenvalue weighted by Gasteiger charge is 2.06. The Hall–Kier alpha value is -0.540. The highest BCUT2D eigenvalue weighted by atomic mass is 79.9. The lowest BCUT2D eigenvalue weighted by Crippen LogP contribution is -1.90. The molecule has 3 heteroatoms. The lowest BCUT2D eigenvalue weighted by Gasteiger charge is -2.08. The van der Waals surface area contributed by atoms with Gasteiger partial charge >= 0.3 is 0 Å². The molecule has 0 heterocycles. The van der Waals surface area contributed by atoms with Gasteiger partial charge in [0.05, 0.1) is 7.11 Å². The van der Waals surface area contributed by atoms with E-state index in [1.54, 1.807) is 7.11 Å². The topological polar surface area (TPSA) is 9.23 Å². The van der Waals surface area contributed by atoms with Crippen molar-refractivity contribution in [2.45, 2.75) is 4.83 Å². The number of benzene rings is 2. The molecule has 0 aliphatic carbocycles. The number of methoxy groups -OCH3 is 1. The van der Waals surface area contributed by atoms with E-state index in [9.17, 15) is 0 Å². The van der Waals surface area contributed by atoms with Gasteiger partial charge in [0.25, 0.3) is 0 Å². The second-order valence-corrected chi connectivity index (χ2v) is 5.35. The molecule has 0 bridgehead atoms. The molecule has 0 N–H and O–H groups in total. The van der Waals surface area contributed by atoms with Crippen LogP contribution in [0.2, 0.25) is 0 Å². The Morgan fingerprint density at radius 1 is 1.12 bits per heavy atom. The lowest BCUT2D eigenvalue weighted by molar-refractivity contribution is 0.415. The molecular weight excluding hydrogens is 332 g/mol. The summed E-state index contributed by atoms with van der Waals surface area (Å²) in [4.78, 5) is 0.360. The van der Waals surface area contributed by atoms with Crippen LogP contribution in [0, 0.1) is 0 Å². The molecule has 1 nitrogen and oxygen atoms in total. The fourth-order valence-corrected chi connectivity index (χ4v) is 2.31. The Labute approximate surface area is 112 Å². The summed E-state index contributed by atoms with van der Waals surface area (Å²) in [7, 11) is 1.69. The van der Waals surface area contributed by atoms with Gasteiger partial charge in [-0.2, -0.15) is 0 Å². The van der Waals surface area contributed by atoms with Crippen molar-refractivity contribution < 1.29 is 4.74 Å². The zero-order valence-corrected chi connectivity index (χ0v) is 12.1. The fraction of sp³-hybridized carbons (Fsp3) is 0.231. The van der Waals surface area contributed by atoms with E-state index in [1.807, 2.05) is 6.07 Å². The summed E-state index contributed by atoms with van der Waals surface area (Å²) in [5, 5.41) is 3.36. The van der Waals surface area contributed by atoms with Crippen LogP contribution in [-0.4, -0.2) is 12.4 Å². The van der Waals surface area contributed by atoms with Crippen molar-refractivity contribution >= 4 is 42.6 Å². The van der Waals surface area contributed by atoms with Crippen LogP contribution in [-0.2, 0) is 0 Å². The molecule has 0 saturated heterocycles. The van der Waals surface area contributed by atoms with Gasteiger partial charge < -0.3 is 4.74 Å². The van der Waals surface area contributed by atoms with Gasteiger partial charge in [0.2, 0.25) is 0 Å². The highest BCUT2D eigenvalue weighted by molar-refractivity contribution is 9.12. The molecule has 1 unspecified atom stereocenters. The summed E-state index contributed by atoms with van der Waals surface area (Å²) in [5.74, 6) is 0.899. The maximum Gasteiger partial charge on any atom is 0.119 e. The molecular formula is C13H12Br2O. The number of rotatable bonds is 3. The standard InChI is InChI=1S/C13H12Br2O/c1-16-12-5-4-9-6-11(13(15)8-14)3-2-10(9)7-12/h2-7,13H,8H2,1H3. The number of hydrogen-bond acceptors (Lipinski definition) is 1. The van der Waals surface area contributed by atoms with Gasteiger partial charge in [0.15, 0.2) is 0 Å². The average Bonchev–Trinajstić information content (AvgIpc) is 2.36. The van der Waals surface area contributed by atoms with Crippen molar-refractivity contribution in [3.8, 4) is 5.75 Å². The predicted molar refractivity (Wildman–Crippen MR) is 76.0 cm³/mol. The third-order valence-corrected chi connectivity index (χ3v) is 4.94. The molecule has 0 aliphatic heterocycles. The number of fused-ring (bicyclic) bond motifs is 1. The van der Waals surface area contributed by atoms with Crippen LogP contribution in [0.15, 0.2) is 36.4 Å². The number of alkyl halides is 2. The smallest absolute Gasteiger partial charge is 0.119 e. The number of halogens is 2. The SMILES string of the molecule is COc1ccc2cc(C(Br)CBr)ccc2c1. The van der Waals surface area contributed by atoms with Gasteiger partial charge in [-0.25, -0.2) is 0 Å². The minimum absolute atomic E-state index is 0.360. The molecule has 0 saturated carbocycles.